The van der Waals surface area contributed by atoms with E-state index in [4.69, 9.17) is 34.8 Å². The Bertz CT molecular complexity index is 237. The summed E-state index contributed by atoms with van der Waals surface area (Å²) in [6.07, 6.45) is 1.66. The maximum Gasteiger partial charge on any atom is 0.232 e. The predicted molar refractivity (Wildman–Crippen MR) is 48.2 cm³/mol. The first-order chi connectivity index (χ1) is 5.00. The molecule has 0 N–H and O–H groups in total. The van der Waals surface area contributed by atoms with E-state index in [0.717, 1.165) is 5.56 Å². The summed E-state index contributed by atoms with van der Waals surface area (Å²) >= 11 is 16.7. The van der Waals surface area contributed by atoms with E-state index in [2.05, 4.69) is 4.98 Å². The van der Waals surface area contributed by atoms with Crippen LogP contribution in [-0.2, 0) is 3.79 Å². The maximum absolute atomic E-state index is 5.58. The molecule has 0 amide bonds. The molecule has 1 aromatic heterocycles. The minimum absolute atomic E-state index is 0.452. The predicted octanol–water partition coefficient (Wildman–Crippen LogP) is 3.22. The molecule has 60 valence electrons. The van der Waals surface area contributed by atoms with Gasteiger partial charge in [-0.1, -0.05) is 40.9 Å². The van der Waals surface area contributed by atoms with Gasteiger partial charge in [0.2, 0.25) is 3.79 Å². The van der Waals surface area contributed by atoms with Gasteiger partial charge < -0.3 is 0 Å². The number of aryl methyl sites for hydroxylation is 1. The zero-order chi connectivity index (χ0) is 8.48. The van der Waals surface area contributed by atoms with Crippen molar-refractivity contribution in [3.8, 4) is 0 Å². The fraction of sp³-hybridized carbons (Fsp3) is 0.286. The Hall–Kier alpha value is 0.0200. The monoisotopic (exact) mass is 209 g/mol. The quantitative estimate of drug-likeness (QED) is 0.599. The second-order valence-corrected chi connectivity index (χ2v) is 4.50. The summed E-state index contributed by atoms with van der Waals surface area (Å²) in [4.78, 5) is 3.95. The summed E-state index contributed by atoms with van der Waals surface area (Å²) in [5, 5.41) is 0. The number of aromatic nitrogens is 1. The van der Waals surface area contributed by atoms with Gasteiger partial charge in [-0.25, -0.2) is 0 Å². The van der Waals surface area contributed by atoms with Crippen molar-refractivity contribution < 1.29 is 0 Å². The Balaban J connectivity index is 2.99. The summed E-state index contributed by atoms with van der Waals surface area (Å²) in [7, 11) is 0. The minimum atomic E-state index is -1.41. The molecule has 11 heavy (non-hydrogen) atoms. The molecule has 0 saturated heterocycles. The highest BCUT2D eigenvalue weighted by molar-refractivity contribution is 6.66. The third-order valence-electron chi connectivity index (χ3n) is 1.20. The van der Waals surface area contributed by atoms with Crippen LogP contribution < -0.4 is 0 Å². The maximum atomic E-state index is 5.58. The van der Waals surface area contributed by atoms with E-state index < -0.39 is 3.79 Å². The van der Waals surface area contributed by atoms with Crippen LogP contribution in [0.5, 0.6) is 0 Å². The molecule has 1 nitrogen and oxygen atoms in total. The Morgan fingerprint density at radius 3 is 2.27 bits per heavy atom. The summed E-state index contributed by atoms with van der Waals surface area (Å²) in [6.45, 7) is 1.93. The number of alkyl halides is 3. The Morgan fingerprint density at radius 1 is 1.27 bits per heavy atom. The van der Waals surface area contributed by atoms with Crippen LogP contribution in [0.2, 0.25) is 0 Å². The van der Waals surface area contributed by atoms with E-state index in [1.54, 1.807) is 12.3 Å². The fourth-order valence-electron chi connectivity index (χ4n) is 0.635. The van der Waals surface area contributed by atoms with Gasteiger partial charge in [0.1, 0.15) is 0 Å². The molecule has 0 radical (unpaired) electrons. The first kappa shape index (κ1) is 9.11. The van der Waals surface area contributed by atoms with Gasteiger partial charge in [0.05, 0.1) is 5.69 Å². The highest BCUT2D eigenvalue weighted by Crippen LogP contribution is 2.36. The van der Waals surface area contributed by atoms with E-state index in [0.29, 0.717) is 5.69 Å². The van der Waals surface area contributed by atoms with Gasteiger partial charge in [0, 0.05) is 6.20 Å². The average Bonchev–Trinajstić information content (AvgIpc) is 1.86. The lowest BCUT2D eigenvalue weighted by Crippen LogP contribution is -2.02. The lowest BCUT2D eigenvalue weighted by Gasteiger charge is -2.08. The van der Waals surface area contributed by atoms with E-state index in [1.165, 1.54) is 0 Å². The second kappa shape index (κ2) is 3.18. The van der Waals surface area contributed by atoms with Crippen molar-refractivity contribution in [3.05, 3.63) is 29.6 Å². The molecule has 0 atom stereocenters. The lowest BCUT2D eigenvalue weighted by molar-refractivity contribution is 1.07. The van der Waals surface area contributed by atoms with Gasteiger partial charge in [0.25, 0.3) is 0 Å². The smallest absolute Gasteiger partial charge is 0.232 e. The Kier molecular flexibility index (Phi) is 2.63. The van der Waals surface area contributed by atoms with E-state index in [9.17, 15) is 0 Å². The van der Waals surface area contributed by atoms with Crippen LogP contribution in [0.1, 0.15) is 11.3 Å². The van der Waals surface area contributed by atoms with E-state index in [-0.39, 0.29) is 0 Å². The van der Waals surface area contributed by atoms with Crippen molar-refractivity contribution in [2.45, 2.75) is 10.7 Å². The lowest BCUT2D eigenvalue weighted by atomic mass is 10.3. The number of nitrogens with zero attached hydrogens (tertiary/aromatic N) is 1. The van der Waals surface area contributed by atoms with Gasteiger partial charge in [-0.05, 0) is 18.6 Å². The Labute approximate surface area is 80.3 Å². The van der Waals surface area contributed by atoms with Gasteiger partial charge in [0.15, 0.2) is 0 Å². The van der Waals surface area contributed by atoms with Crippen molar-refractivity contribution in [1.82, 2.24) is 4.98 Å². The van der Waals surface area contributed by atoms with Crippen LogP contribution >= 0.6 is 34.8 Å². The molecular formula is C7H6Cl3N. The van der Waals surface area contributed by atoms with Crippen LogP contribution in [0.15, 0.2) is 18.3 Å². The molecule has 0 unspecified atom stereocenters. The van der Waals surface area contributed by atoms with Crippen molar-refractivity contribution >= 4 is 34.8 Å². The van der Waals surface area contributed by atoms with Gasteiger partial charge in [-0.15, -0.1) is 0 Å². The SMILES string of the molecule is Cc1ccc(C(Cl)(Cl)Cl)nc1. The summed E-state index contributed by atoms with van der Waals surface area (Å²) in [5.41, 5.74) is 1.50. The molecule has 4 heteroatoms. The molecule has 0 spiro atoms. The standard InChI is InChI=1S/C7H6Cl3N/c1-5-2-3-6(11-4-5)7(8,9)10/h2-4H,1H3. The molecule has 0 saturated carbocycles. The number of halogens is 3. The summed E-state index contributed by atoms with van der Waals surface area (Å²) < 4.78 is -1.41. The average molecular weight is 210 g/mol. The highest BCUT2D eigenvalue weighted by atomic mass is 35.6. The van der Waals surface area contributed by atoms with Gasteiger partial charge in [-0.2, -0.15) is 0 Å². The number of hydrogen-bond acceptors (Lipinski definition) is 1. The number of hydrogen-bond donors (Lipinski definition) is 0. The van der Waals surface area contributed by atoms with E-state index >= 15 is 0 Å². The zero-order valence-electron chi connectivity index (χ0n) is 5.81. The largest absolute Gasteiger partial charge is 0.256 e. The topological polar surface area (TPSA) is 12.9 Å². The van der Waals surface area contributed by atoms with Gasteiger partial charge >= 0.3 is 0 Å². The Morgan fingerprint density at radius 2 is 1.91 bits per heavy atom. The van der Waals surface area contributed by atoms with Crippen molar-refractivity contribution in [2.24, 2.45) is 0 Å². The molecule has 0 aliphatic heterocycles. The first-order valence-electron chi connectivity index (χ1n) is 3.00. The van der Waals surface area contributed by atoms with Crippen LogP contribution in [0.4, 0.5) is 0 Å². The fourth-order valence-corrected chi connectivity index (χ4v) is 0.971. The number of rotatable bonds is 0. The third kappa shape index (κ3) is 2.51. The van der Waals surface area contributed by atoms with Gasteiger partial charge in [-0.3, -0.25) is 4.98 Å². The van der Waals surface area contributed by atoms with Crippen LogP contribution in [0, 0.1) is 6.92 Å². The molecule has 0 aromatic carbocycles. The van der Waals surface area contributed by atoms with E-state index in [1.807, 2.05) is 13.0 Å². The molecule has 0 fully saturated rings. The first-order valence-corrected chi connectivity index (χ1v) is 4.13. The molecule has 1 aromatic rings. The van der Waals surface area contributed by atoms with Crippen molar-refractivity contribution in [2.75, 3.05) is 0 Å². The van der Waals surface area contributed by atoms with Crippen molar-refractivity contribution in [3.63, 3.8) is 0 Å². The normalized spacial score (nSPS) is 11.6. The highest BCUT2D eigenvalue weighted by Gasteiger charge is 2.23. The molecular weight excluding hydrogens is 204 g/mol. The number of pyridine rings is 1. The van der Waals surface area contributed by atoms with Crippen LogP contribution in [0.25, 0.3) is 0 Å². The van der Waals surface area contributed by atoms with Crippen LogP contribution in [0.3, 0.4) is 0 Å². The third-order valence-corrected chi connectivity index (χ3v) is 1.78. The van der Waals surface area contributed by atoms with Crippen molar-refractivity contribution in [1.29, 1.82) is 0 Å². The molecule has 1 rings (SSSR count). The zero-order valence-corrected chi connectivity index (χ0v) is 8.08. The molecule has 1 heterocycles. The summed E-state index contributed by atoms with van der Waals surface area (Å²) in [6, 6.07) is 3.55. The molecule has 0 aliphatic carbocycles. The summed E-state index contributed by atoms with van der Waals surface area (Å²) in [5.74, 6) is 0. The molecule has 0 bridgehead atoms. The molecule has 0 aliphatic rings. The second-order valence-electron chi connectivity index (χ2n) is 2.22. The minimum Gasteiger partial charge on any atom is -0.256 e. The van der Waals surface area contributed by atoms with Crippen LogP contribution in [-0.4, -0.2) is 4.98 Å².